The van der Waals surface area contributed by atoms with Gasteiger partial charge in [-0.3, -0.25) is 43.3 Å². The van der Waals surface area contributed by atoms with Gasteiger partial charge in [-0.15, -0.1) is 0 Å². The van der Waals surface area contributed by atoms with E-state index < -0.39 is 133 Å². The summed E-state index contributed by atoms with van der Waals surface area (Å²) in [6.45, 7) is 3.54. The number of guanidine groups is 1. The third-order valence-corrected chi connectivity index (χ3v) is 12.2. The van der Waals surface area contributed by atoms with E-state index in [1.807, 2.05) is 0 Å². The summed E-state index contributed by atoms with van der Waals surface area (Å²) >= 11 is 0. The number of phenols is 2. The van der Waals surface area contributed by atoms with Crippen molar-refractivity contribution in [3.8, 4) is 11.5 Å². The number of phenolic OH excluding ortho intramolecular Hbond substituents is 2. The Kier molecular flexibility index (Phi) is 27.3. The van der Waals surface area contributed by atoms with Gasteiger partial charge in [0.25, 0.3) is 0 Å². The predicted molar refractivity (Wildman–Crippen MR) is 290 cm³/mol. The SMILES string of the molecule is CC(C)C[C@H](NC(=O)[C@H](CO)NC(=O)[C@@H](N)Cc1ccccc1)C(=O)N[C@@H](CO)C(=O)N[C@@H](CCCN=C(N)N)C(=O)N[C@@H](Cc1ccc(O)cc1)C(=O)N[C@@H](CO)C(=O)N[C@H](C(=O)N[C@@H](Cc1ccc(O)cc1)C(=O)O)C(C)C. The summed E-state index contributed by atoms with van der Waals surface area (Å²) in [5, 5.41) is 79.7. The molecule has 438 valence electrons. The quantitative estimate of drug-likeness (QED) is 0.0158. The van der Waals surface area contributed by atoms with Crippen molar-refractivity contribution < 1.29 is 73.8 Å². The topological polar surface area (TPSA) is 462 Å². The first-order valence-electron chi connectivity index (χ1n) is 25.7. The van der Waals surface area contributed by atoms with Gasteiger partial charge < -0.3 is 90.4 Å². The lowest BCUT2D eigenvalue weighted by Gasteiger charge is -2.28. The Morgan fingerprint density at radius 1 is 0.475 bits per heavy atom. The van der Waals surface area contributed by atoms with E-state index in [1.54, 1.807) is 58.0 Å². The molecule has 0 saturated carbocycles. The minimum Gasteiger partial charge on any atom is -0.508 e. The van der Waals surface area contributed by atoms with Crippen molar-refractivity contribution in [3.05, 3.63) is 95.6 Å². The van der Waals surface area contributed by atoms with E-state index in [0.717, 1.165) is 5.56 Å². The van der Waals surface area contributed by atoms with Crippen LogP contribution in [0.1, 0.15) is 63.6 Å². The number of benzene rings is 3. The van der Waals surface area contributed by atoms with Crippen LogP contribution < -0.4 is 59.7 Å². The maximum Gasteiger partial charge on any atom is 0.326 e. The highest BCUT2D eigenvalue weighted by molar-refractivity contribution is 5.98. The van der Waals surface area contributed by atoms with Crippen LogP contribution in [0.15, 0.2) is 83.9 Å². The van der Waals surface area contributed by atoms with Gasteiger partial charge in [0.05, 0.1) is 25.9 Å². The fraction of sp³-hybridized carbons (Fsp3) is 0.472. The number of carboxylic acids is 1. The maximum atomic E-state index is 14.3. The summed E-state index contributed by atoms with van der Waals surface area (Å²) in [6.07, 6.45) is -0.606. The first kappa shape index (κ1) is 65.9. The average Bonchev–Trinajstić information content (AvgIpc) is 3.41. The Balaban J connectivity index is 1.84. The minimum atomic E-state index is -1.77. The van der Waals surface area contributed by atoms with Gasteiger partial charge in [-0.2, -0.15) is 0 Å². The summed E-state index contributed by atoms with van der Waals surface area (Å²) in [6, 6.07) is 6.27. The molecule has 9 atom stereocenters. The summed E-state index contributed by atoms with van der Waals surface area (Å²) in [7, 11) is 0. The zero-order valence-electron chi connectivity index (χ0n) is 45.0. The number of carbonyl (C=O) groups excluding carboxylic acids is 8. The van der Waals surface area contributed by atoms with Crippen molar-refractivity contribution in [1.82, 2.24) is 42.5 Å². The number of carboxylic acid groups (broad SMARTS) is 1. The van der Waals surface area contributed by atoms with Crippen LogP contribution >= 0.6 is 0 Å². The first-order chi connectivity index (χ1) is 37.8. The van der Waals surface area contributed by atoms with Crippen molar-refractivity contribution in [1.29, 1.82) is 0 Å². The van der Waals surface area contributed by atoms with Crippen molar-refractivity contribution in [3.63, 3.8) is 0 Å². The summed E-state index contributed by atoms with van der Waals surface area (Å²) in [4.78, 5) is 126. The fourth-order valence-electron chi connectivity index (χ4n) is 7.85. The third-order valence-electron chi connectivity index (χ3n) is 12.2. The Hall–Kier alpha value is -8.40. The average molecular weight is 1120 g/mol. The number of aliphatic hydroxyl groups is 3. The van der Waals surface area contributed by atoms with Gasteiger partial charge in [0.2, 0.25) is 47.3 Å². The molecule has 0 saturated heterocycles. The van der Waals surface area contributed by atoms with E-state index in [-0.39, 0.29) is 68.4 Å². The Labute approximate surface area is 462 Å². The normalized spacial score (nSPS) is 14.5. The van der Waals surface area contributed by atoms with Crippen LogP contribution in [0.25, 0.3) is 0 Å². The molecule has 0 spiro atoms. The fourth-order valence-corrected chi connectivity index (χ4v) is 7.85. The first-order valence-corrected chi connectivity index (χ1v) is 25.7. The van der Waals surface area contributed by atoms with Crippen molar-refractivity contribution in [2.45, 2.75) is 121 Å². The summed E-state index contributed by atoms with van der Waals surface area (Å²) in [5.41, 5.74) is 18.6. The van der Waals surface area contributed by atoms with Crippen LogP contribution in [-0.2, 0) is 62.4 Å². The Morgan fingerprint density at radius 3 is 1.32 bits per heavy atom. The lowest BCUT2D eigenvalue weighted by Crippen LogP contribution is -2.62. The van der Waals surface area contributed by atoms with Gasteiger partial charge >= 0.3 is 5.97 Å². The van der Waals surface area contributed by atoms with E-state index in [0.29, 0.717) is 11.1 Å². The molecular weight excluding hydrogens is 1040 g/mol. The molecule has 3 aromatic carbocycles. The number of aliphatic imine (C=N–C) groups is 1. The van der Waals surface area contributed by atoms with Crippen LogP contribution in [0.2, 0.25) is 0 Å². The number of nitrogens with one attached hydrogen (secondary N) is 8. The lowest BCUT2D eigenvalue weighted by molar-refractivity contribution is -0.142. The number of aliphatic hydroxyl groups excluding tert-OH is 3. The monoisotopic (exact) mass is 1120 g/mol. The highest BCUT2D eigenvalue weighted by Crippen LogP contribution is 2.15. The summed E-state index contributed by atoms with van der Waals surface area (Å²) < 4.78 is 0. The maximum absolute atomic E-state index is 14.3. The number of nitrogens with zero attached hydrogens (tertiary/aromatic N) is 1. The molecule has 27 nitrogen and oxygen atoms in total. The van der Waals surface area contributed by atoms with Gasteiger partial charge in [0.1, 0.15) is 59.8 Å². The zero-order valence-corrected chi connectivity index (χ0v) is 45.0. The van der Waals surface area contributed by atoms with Crippen molar-refractivity contribution in [2.24, 2.45) is 34.0 Å². The number of carbonyl (C=O) groups is 9. The van der Waals surface area contributed by atoms with Crippen molar-refractivity contribution >= 4 is 59.2 Å². The molecular formula is C53H76N12O15. The number of aliphatic carboxylic acids is 1. The number of rotatable bonds is 33. The molecule has 0 aliphatic rings. The second-order valence-corrected chi connectivity index (χ2v) is 19.7. The number of amides is 8. The van der Waals surface area contributed by atoms with Crippen LogP contribution in [-0.4, -0.2) is 171 Å². The molecule has 0 aliphatic carbocycles. The molecule has 0 radical (unpaired) electrons. The van der Waals surface area contributed by atoms with Crippen LogP contribution in [0, 0.1) is 11.8 Å². The standard InChI is InChI=1S/C53H76N12O15/c1-28(2)21-37(59-49(76)40(25-66)62-44(71)35(54)22-30-9-6-5-7-10-30)46(73)63-41(26-67)48(75)58-36(11-8-20-57-53(55)56)45(72)60-38(23-31-12-16-33(69)17-13-31)47(74)64-42(27-68)50(77)65-43(29(3)4)51(78)61-39(52(79)80)24-32-14-18-34(70)19-15-32/h5-7,9-10,12-19,28-29,35-43,66-70H,8,11,20-27,54H2,1-4H3,(H,58,75)(H,59,76)(H,60,72)(H,61,78)(H,62,71)(H,63,73)(H,64,74)(H,65,77)(H,79,80)(H4,55,56,57)/t35-,36-,37-,38-,39-,40-,41-,42-,43-/m0/s1. The van der Waals surface area contributed by atoms with Gasteiger partial charge in [0.15, 0.2) is 5.96 Å². The van der Waals surface area contributed by atoms with E-state index in [2.05, 4.69) is 47.5 Å². The molecule has 20 N–H and O–H groups in total. The smallest absolute Gasteiger partial charge is 0.326 e. The van der Waals surface area contributed by atoms with Gasteiger partial charge in [-0.1, -0.05) is 82.3 Å². The van der Waals surface area contributed by atoms with E-state index >= 15 is 0 Å². The predicted octanol–water partition coefficient (Wildman–Crippen LogP) is -3.85. The molecule has 27 heteroatoms. The van der Waals surface area contributed by atoms with E-state index in [9.17, 15) is 73.8 Å². The molecule has 0 heterocycles. The van der Waals surface area contributed by atoms with Gasteiger partial charge in [-0.05, 0) is 78.5 Å². The number of hydrogen-bond donors (Lipinski definition) is 17. The van der Waals surface area contributed by atoms with Gasteiger partial charge in [0, 0.05) is 19.4 Å². The molecule has 0 fully saturated rings. The second-order valence-electron chi connectivity index (χ2n) is 19.7. The largest absolute Gasteiger partial charge is 0.508 e. The number of nitrogens with two attached hydrogens (primary N) is 3. The second kappa shape index (κ2) is 33.1. The van der Waals surface area contributed by atoms with Crippen LogP contribution in [0.4, 0.5) is 0 Å². The zero-order chi connectivity index (χ0) is 59.6. The number of hydrogen-bond acceptors (Lipinski definition) is 16. The van der Waals surface area contributed by atoms with Gasteiger partial charge in [-0.25, -0.2) is 4.79 Å². The molecule has 0 unspecified atom stereocenters. The minimum absolute atomic E-state index is 0.0278. The Bertz CT molecular complexity index is 2570. The van der Waals surface area contributed by atoms with Crippen molar-refractivity contribution in [2.75, 3.05) is 26.4 Å². The number of aromatic hydroxyl groups is 2. The Morgan fingerprint density at radius 2 is 0.863 bits per heavy atom. The molecule has 3 aromatic rings. The third kappa shape index (κ3) is 22.5. The molecule has 0 aromatic heterocycles. The van der Waals surface area contributed by atoms with Crippen LogP contribution in [0.3, 0.4) is 0 Å². The molecule has 3 rings (SSSR count). The molecule has 8 amide bonds. The van der Waals surface area contributed by atoms with E-state index in [4.69, 9.17) is 17.2 Å². The molecule has 80 heavy (non-hydrogen) atoms. The van der Waals surface area contributed by atoms with E-state index in [1.165, 1.54) is 48.5 Å². The molecule has 0 aliphatic heterocycles. The highest BCUT2D eigenvalue weighted by atomic mass is 16.4. The lowest BCUT2D eigenvalue weighted by atomic mass is 10.0. The highest BCUT2D eigenvalue weighted by Gasteiger charge is 2.36. The van der Waals surface area contributed by atoms with Crippen LogP contribution in [0.5, 0.6) is 11.5 Å². The molecule has 0 bridgehead atoms. The summed E-state index contributed by atoms with van der Waals surface area (Å²) in [5.74, 6) is -10.7.